The summed E-state index contributed by atoms with van der Waals surface area (Å²) in [6.45, 7) is 4.17. The van der Waals surface area contributed by atoms with E-state index in [9.17, 15) is 13.5 Å². The first-order valence-electron chi connectivity index (χ1n) is 6.69. The second-order valence-electron chi connectivity index (χ2n) is 5.25. The number of rotatable bonds is 3. The van der Waals surface area contributed by atoms with Crippen LogP contribution in [0.5, 0.6) is 5.75 Å². The van der Waals surface area contributed by atoms with E-state index >= 15 is 0 Å². The zero-order valence-corrected chi connectivity index (χ0v) is 12.9. The number of ether oxygens (including phenoxy) is 1. The summed E-state index contributed by atoms with van der Waals surface area (Å²) in [5.41, 5.74) is 1.34. The Bertz CT molecular complexity index is 574. The smallest absolute Gasteiger partial charge is 0.243 e. The van der Waals surface area contributed by atoms with Crippen LogP contribution in [0.4, 0.5) is 0 Å². The van der Waals surface area contributed by atoms with Crippen LogP contribution in [0.25, 0.3) is 0 Å². The molecule has 5 nitrogen and oxygen atoms in total. The van der Waals surface area contributed by atoms with E-state index in [-0.39, 0.29) is 6.54 Å². The van der Waals surface area contributed by atoms with Crippen molar-refractivity contribution in [3.8, 4) is 5.75 Å². The molecule has 0 aliphatic carbocycles. The number of β-amino-alcohol motifs (C(OH)–C–C–N with tert-alkyl or cyclic N) is 1. The molecule has 0 bridgehead atoms. The molecule has 1 aliphatic rings. The van der Waals surface area contributed by atoms with Crippen molar-refractivity contribution in [3.63, 3.8) is 0 Å². The lowest BCUT2D eigenvalue weighted by Crippen LogP contribution is -2.42. The highest BCUT2D eigenvalue weighted by molar-refractivity contribution is 7.89. The maximum Gasteiger partial charge on any atom is 0.243 e. The summed E-state index contributed by atoms with van der Waals surface area (Å²) in [5, 5.41) is 9.68. The Morgan fingerprint density at radius 2 is 1.90 bits per heavy atom. The van der Waals surface area contributed by atoms with Gasteiger partial charge in [-0.05, 0) is 49.9 Å². The summed E-state index contributed by atoms with van der Waals surface area (Å²) in [4.78, 5) is 0.326. The van der Waals surface area contributed by atoms with E-state index in [1.165, 1.54) is 4.31 Å². The molecule has 1 atom stereocenters. The molecule has 20 heavy (non-hydrogen) atoms. The van der Waals surface area contributed by atoms with Gasteiger partial charge in [-0.2, -0.15) is 4.31 Å². The third kappa shape index (κ3) is 2.82. The minimum absolute atomic E-state index is 0.174. The monoisotopic (exact) mass is 299 g/mol. The second-order valence-corrected chi connectivity index (χ2v) is 7.12. The van der Waals surface area contributed by atoms with E-state index in [1.54, 1.807) is 33.1 Å². The van der Waals surface area contributed by atoms with E-state index in [0.717, 1.165) is 0 Å². The van der Waals surface area contributed by atoms with Gasteiger partial charge < -0.3 is 9.84 Å². The molecule has 1 aliphatic heterocycles. The molecule has 0 amide bonds. The Morgan fingerprint density at radius 1 is 1.30 bits per heavy atom. The molecule has 1 saturated heterocycles. The molecule has 1 aromatic carbocycles. The molecule has 1 heterocycles. The molecular weight excluding hydrogens is 278 g/mol. The second kappa shape index (κ2) is 5.71. The van der Waals surface area contributed by atoms with Crippen LogP contribution in [0.3, 0.4) is 0 Å². The summed E-state index contributed by atoms with van der Waals surface area (Å²) >= 11 is 0. The number of hydrogen-bond donors (Lipinski definition) is 1. The van der Waals surface area contributed by atoms with Crippen molar-refractivity contribution >= 4 is 10.0 Å². The zero-order chi connectivity index (χ0) is 14.9. The van der Waals surface area contributed by atoms with Crippen LogP contribution >= 0.6 is 0 Å². The number of piperidine rings is 1. The van der Waals surface area contributed by atoms with Gasteiger partial charge in [-0.1, -0.05) is 0 Å². The van der Waals surface area contributed by atoms with Crippen LogP contribution in [0.2, 0.25) is 0 Å². The lowest BCUT2D eigenvalue weighted by atomic mass is 10.1. The molecule has 0 unspecified atom stereocenters. The number of aliphatic hydroxyl groups is 1. The van der Waals surface area contributed by atoms with E-state index in [4.69, 9.17) is 4.74 Å². The fourth-order valence-electron chi connectivity index (χ4n) is 2.70. The van der Waals surface area contributed by atoms with Crippen LogP contribution in [0, 0.1) is 13.8 Å². The lowest BCUT2D eigenvalue weighted by molar-refractivity contribution is 0.108. The summed E-state index contributed by atoms with van der Waals surface area (Å²) < 4.78 is 32.0. The third-order valence-corrected chi connectivity index (χ3v) is 5.80. The van der Waals surface area contributed by atoms with Crippen LogP contribution < -0.4 is 4.74 Å². The maximum absolute atomic E-state index is 12.7. The van der Waals surface area contributed by atoms with Crippen molar-refractivity contribution < 1.29 is 18.3 Å². The van der Waals surface area contributed by atoms with Gasteiger partial charge >= 0.3 is 0 Å². The van der Waals surface area contributed by atoms with Crippen molar-refractivity contribution in [2.45, 2.75) is 37.7 Å². The van der Waals surface area contributed by atoms with Crippen LogP contribution in [-0.2, 0) is 10.0 Å². The minimum Gasteiger partial charge on any atom is -0.497 e. The molecule has 112 valence electrons. The van der Waals surface area contributed by atoms with Gasteiger partial charge in [0.25, 0.3) is 0 Å². The van der Waals surface area contributed by atoms with Crippen LogP contribution in [0.15, 0.2) is 17.0 Å². The van der Waals surface area contributed by atoms with Crippen molar-refractivity contribution in [3.05, 3.63) is 23.3 Å². The first kappa shape index (κ1) is 15.3. The van der Waals surface area contributed by atoms with Crippen LogP contribution in [0.1, 0.15) is 24.0 Å². The number of aryl methyl sites for hydroxylation is 2. The molecule has 1 N–H and O–H groups in total. The fourth-order valence-corrected chi connectivity index (χ4v) is 4.63. The predicted molar refractivity (Wildman–Crippen MR) is 76.5 cm³/mol. The van der Waals surface area contributed by atoms with E-state index in [0.29, 0.717) is 41.2 Å². The number of methoxy groups -OCH3 is 1. The average Bonchev–Trinajstić information content (AvgIpc) is 2.37. The molecule has 1 fully saturated rings. The largest absolute Gasteiger partial charge is 0.497 e. The summed E-state index contributed by atoms with van der Waals surface area (Å²) in [5.74, 6) is 0.651. The summed E-state index contributed by atoms with van der Waals surface area (Å²) in [6, 6.07) is 3.44. The van der Waals surface area contributed by atoms with Gasteiger partial charge in [-0.25, -0.2) is 8.42 Å². The number of benzene rings is 1. The number of nitrogens with zero attached hydrogens (tertiary/aromatic N) is 1. The minimum atomic E-state index is -3.56. The SMILES string of the molecule is COc1cc(C)c(S(=O)(=O)N2CCC[C@H](O)C2)c(C)c1. The van der Waals surface area contributed by atoms with Crippen molar-refractivity contribution in [1.82, 2.24) is 4.31 Å². The van der Waals surface area contributed by atoms with Gasteiger partial charge in [0.2, 0.25) is 10.0 Å². The number of sulfonamides is 1. The van der Waals surface area contributed by atoms with Gasteiger partial charge in [0.1, 0.15) is 5.75 Å². The Kier molecular flexibility index (Phi) is 4.36. The van der Waals surface area contributed by atoms with Gasteiger partial charge in [0.15, 0.2) is 0 Å². The van der Waals surface area contributed by atoms with Gasteiger partial charge in [0, 0.05) is 13.1 Å². The molecule has 0 radical (unpaired) electrons. The first-order chi connectivity index (χ1) is 9.36. The summed E-state index contributed by atoms with van der Waals surface area (Å²) in [6.07, 6.45) is 0.777. The lowest BCUT2D eigenvalue weighted by Gasteiger charge is -2.30. The Labute approximate surface area is 120 Å². The highest BCUT2D eigenvalue weighted by Crippen LogP contribution is 2.29. The molecule has 6 heteroatoms. The van der Waals surface area contributed by atoms with Gasteiger partial charge in [0.05, 0.1) is 18.1 Å². The quantitative estimate of drug-likeness (QED) is 0.917. The van der Waals surface area contributed by atoms with Crippen LogP contribution in [-0.4, -0.2) is 44.1 Å². The standard InChI is InChI=1S/C14H21NO4S/c1-10-7-13(19-3)8-11(2)14(10)20(17,18)15-6-4-5-12(16)9-15/h7-8,12,16H,4-6,9H2,1-3H3/t12-/m0/s1. The molecule has 0 spiro atoms. The first-order valence-corrected chi connectivity index (χ1v) is 8.13. The molecular formula is C14H21NO4S. The van der Waals surface area contributed by atoms with E-state index in [2.05, 4.69) is 0 Å². The Hall–Kier alpha value is -1.11. The number of hydrogen-bond acceptors (Lipinski definition) is 4. The topological polar surface area (TPSA) is 66.8 Å². The predicted octanol–water partition coefficient (Wildman–Crippen LogP) is 1.46. The van der Waals surface area contributed by atoms with Crippen molar-refractivity contribution in [2.75, 3.05) is 20.2 Å². The van der Waals surface area contributed by atoms with E-state index in [1.807, 2.05) is 0 Å². The highest BCUT2D eigenvalue weighted by Gasteiger charge is 2.31. The third-order valence-electron chi connectivity index (χ3n) is 3.63. The normalized spacial score (nSPS) is 20.9. The van der Waals surface area contributed by atoms with E-state index < -0.39 is 16.1 Å². The Morgan fingerprint density at radius 3 is 2.40 bits per heavy atom. The van der Waals surface area contributed by atoms with Gasteiger partial charge in [-0.15, -0.1) is 0 Å². The molecule has 0 saturated carbocycles. The average molecular weight is 299 g/mol. The molecule has 0 aromatic heterocycles. The van der Waals surface area contributed by atoms with Crippen molar-refractivity contribution in [2.24, 2.45) is 0 Å². The fraction of sp³-hybridized carbons (Fsp3) is 0.571. The molecule has 2 rings (SSSR count). The van der Waals surface area contributed by atoms with Gasteiger partial charge in [-0.3, -0.25) is 0 Å². The summed E-state index contributed by atoms with van der Waals surface area (Å²) in [7, 11) is -2.00. The molecule has 1 aromatic rings. The maximum atomic E-state index is 12.7. The van der Waals surface area contributed by atoms with Crippen molar-refractivity contribution in [1.29, 1.82) is 0 Å². The number of aliphatic hydroxyl groups excluding tert-OH is 1. The zero-order valence-electron chi connectivity index (χ0n) is 12.1. The highest BCUT2D eigenvalue weighted by atomic mass is 32.2. The Balaban J connectivity index is 2.44.